The quantitative estimate of drug-likeness (QED) is 0.318. The predicted octanol–water partition coefficient (Wildman–Crippen LogP) is -5.22. The van der Waals surface area contributed by atoms with Gasteiger partial charge in [0, 0.05) is 6.08 Å². The number of nitrogens with two attached hydrogens (primary N) is 1. The fraction of sp³-hybridized carbons (Fsp3) is 0. The molecule has 44 valence electrons. The second-order valence-electron chi connectivity index (χ2n) is 1.05. The van der Waals surface area contributed by atoms with Gasteiger partial charge in [0.2, 0.25) is 5.91 Å². The maximum atomic E-state index is 9.75. The van der Waals surface area contributed by atoms with Crippen LogP contribution in [0.25, 0.3) is 0 Å². The Labute approximate surface area is 94.5 Å². The number of amides is 1. The monoisotopic (exact) mass is 153 g/mol. The van der Waals surface area contributed by atoms with Crippen LogP contribution in [0.2, 0.25) is 0 Å². The Bertz CT molecular complexity index is 127. The molecule has 0 aromatic rings. The van der Waals surface area contributed by atoms with E-state index in [1.165, 1.54) is 0 Å². The molecule has 0 aliphatic heterocycles. The van der Waals surface area contributed by atoms with Crippen molar-refractivity contribution in [3.8, 4) is 0 Å². The smallest absolute Gasteiger partial charge is 0.545 e. The van der Waals surface area contributed by atoms with E-state index in [4.69, 9.17) is 0 Å². The van der Waals surface area contributed by atoms with Crippen molar-refractivity contribution in [3.05, 3.63) is 12.2 Å². The second kappa shape index (κ2) is 6.44. The molecule has 0 aromatic carbocycles. The van der Waals surface area contributed by atoms with Crippen molar-refractivity contribution in [2.24, 2.45) is 5.73 Å². The molecule has 9 heavy (non-hydrogen) atoms. The number of carbonyl (C=O) groups excluding carboxylic acids is 2. The van der Waals surface area contributed by atoms with Crippen molar-refractivity contribution in [1.82, 2.24) is 0 Å². The summed E-state index contributed by atoms with van der Waals surface area (Å²) in [6, 6.07) is 0. The van der Waals surface area contributed by atoms with Crippen molar-refractivity contribution >= 4 is 11.9 Å². The van der Waals surface area contributed by atoms with E-state index in [1.807, 2.05) is 0 Å². The van der Waals surface area contributed by atoms with E-state index in [0.29, 0.717) is 6.08 Å². The second-order valence-corrected chi connectivity index (χ2v) is 1.05. The third-order valence-corrected chi connectivity index (χ3v) is 0.384. The van der Waals surface area contributed by atoms with E-state index in [1.54, 1.807) is 0 Å². The largest absolute Gasteiger partial charge is 1.00 e. The minimum atomic E-state index is -1.43. The van der Waals surface area contributed by atoms with Gasteiger partial charge < -0.3 is 15.6 Å². The van der Waals surface area contributed by atoms with Crippen LogP contribution in [0.5, 0.6) is 0 Å². The molecular formula is C4H4KNO3. The van der Waals surface area contributed by atoms with Gasteiger partial charge in [-0.3, -0.25) is 4.79 Å². The normalized spacial score (nSPS) is 8.44. The summed E-state index contributed by atoms with van der Waals surface area (Å²) in [5, 5.41) is 9.50. The van der Waals surface area contributed by atoms with E-state index in [9.17, 15) is 14.7 Å². The van der Waals surface area contributed by atoms with E-state index in [-0.39, 0.29) is 51.4 Å². The Kier molecular flexibility index (Phi) is 8.61. The molecule has 0 saturated carbocycles. The van der Waals surface area contributed by atoms with Crippen LogP contribution in [-0.4, -0.2) is 11.9 Å². The number of carboxylic acids is 1. The minimum Gasteiger partial charge on any atom is -0.545 e. The van der Waals surface area contributed by atoms with Crippen molar-refractivity contribution in [2.75, 3.05) is 0 Å². The van der Waals surface area contributed by atoms with Gasteiger partial charge in [-0.05, 0) is 6.08 Å². The molecule has 2 N–H and O–H groups in total. The summed E-state index contributed by atoms with van der Waals surface area (Å²) < 4.78 is 0. The molecule has 0 aliphatic carbocycles. The zero-order valence-corrected chi connectivity index (χ0v) is 8.08. The average Bonchev–Trinajstić information content (AvgIpc) is 1.61. The first-order valence-electron chi connectivity index (χ1n) is 1.81. The standard InChI is InChI=1S/C4H5NO3.K/c5-3(6)1-2-4(7)8;/h1-2H,(H2,5,6)(H,7,8);/q;+1/p-1/b2-1-;. The third-order valence-electron chi connectivity index (χ3n) is 0.384. The van der Waals surface area contributed by atoms with E-state index in [2.05, 4.69) is 5.73 Å². The molecule has 4 nitrogen and oxygen atoms in total. The summed E-state index contributed by atoms with van der Waals surface area (Å²) in [5.41, 5.74) is 4.52. The number of aliphatic carboxylic acids is 1. The number of primary amides is 1. The first kappa shape index (κ1) is 12.0. The van der Waals surface area contributed by atoms with Crippen LogP contribution in [0.1, 0.15) is 0 Å². The Hall–Kier alpha value is 0.316. The molecule has 0 atom stereocenters. The van der Waals surface area contributed by atoms with Gasteiger partial charge in [-0.25, -0.2) is 0 Å². The van der Waals surface area contributed by atoms with Crippen LogP contribution in [0.4, 0.5) is 0 Å². The molecule has 0 bridgehead atoms. The molecule has 0 spiro atoms. The van der Waals surface area contributed by atoms with E-state index < -0.39 is 11.9 Å². The average molecular weight is 153 g/mol. The van der Waals surface area contributed by atoms with Crippen LogP contribution in [-0.2, 0) is 9.59 Å². The van der Waals surface area contributed by atoms with Crippen molar-refractivity contribution in [1.29, 1.82) is 0 Å². The van der Waals surface area contributed by atoms with Gasteiger partial charge in [0.05, 0.1) is 5.97 Å². The van der Waals surface area contributed by atoms with Crippen LogP contribution in [0.3, 0.4) is 0 Å². The number of carboxylic acid groups (broad SMARTS) is 1. The summed E-state index contributed by atoms with van der Waals surface area (Å²) >= 11 is 0. The Morgan fingerprint density at radius 2 is 1.78 bits per heavy atom. The summed E-state index contributed by atoms with van der Waals surface area (Å²) in [6.45, 7) is 0. The molecule has 1 amide bonds. The van der Waals surface area contributed by atoms with Gasteiger partial charge in [0.1, 0.15) is 0 Å². The summed E-state index contributed by atoms with van der Waals surface area (Å²) in [7, 11) is 0. The number of rotatable bonds is 2. The van der Waals surface area contributed by atoms with E-state index in [0.717, 1.165) is 6.08 Å². The molecular weight excluding hydrogens is 149 g/mol. The molecule has 0 saturated heterocycles. The third kappa shape index (κ3) is 11.7. The Morgan fingerprint density at radius 1 is 1.33 bits per heavy atom. The summed E-state index contributed by atoms with van der Waals surface area (Å²) in [6.07, 6.45) is 1.29. The molecule has 0 aliphatic rings. The van der Waals surface area contributed by atoms with Crippen LogP contribution >= 0.6 is 0 Å². The molecule has 0 fully saturated rings. The molecule has 0 rings (SSSR count). The SMILES string of the molecule is NC(=O)/C=C\C(=O)[O-].[K+]. The predicted molar refractivity (Wildman–Crippen MR) is 23.3 cm³/mol. The number of hydrogen-bond donors (Lipinski definition) is 1. The van der Waals surface area contributed by atoms with Gasteiger partial charge in [0.15, 0.2) is 0 Å². The van der Waals surface area contributed by atoms with E-state index >= 15 is 0 Å². The summed E-state index contributed by atoms with van der Waals surface area (Å²) in [5.74, 6) is -2.22. The minimum absolute atomic E-state index is 0. The van der Waals surface area contributed by atoms with Crippen LogP contribution in [0, 0.1) is 0 Å². The molecule has 0 heterocycles. The first-order chi connectivity index (χ1) is 3.63. The maximum absolute atomic E-state index is 9.75. The van der Waals surface area contributed by atoms with Crippen molar-refractivity contribution in [3.63, 3.8) is 0 Å². The number of carbonyl (C=O) groups is 2. The number of hydrogen-bond acceptors (Lipinski definition) is 3. The molecule has 0 aromatic heterocycles. The summed E-state index contributed by atoms with van der Waals surface area (Å²) in [4.78, 5) is 19.2. The van der Waals surface area contributed by atoms with Gasteiger partial charge in [0.25, 0.3) is 0 Å². The fourth-order valence-corrected chi connectivity index (χ4v) is 0.150. The zero-order valence-electron chi connectivity index (χ0n) is 4.96. The molecule has 0 radical (unpaired) electrons. The van der Waals surface area contributed by atoms with Gasteiger partial charge in [-0.2, -0.15) is 0 Å². The van der Waals surface area contributed by atoms with Gasteiger partial charge >= 0.3 is 51.4 Å². The van der Waals surface area contributed by atoms with Crippen LogP contribution in [0.15, 0.2) is 12.2 Å². The van der Waals surface area contributed by atoms with Crippen LogP contribution < -0.4 is 62.2 Å². The first-order valence-corrected chi connectivity index (χ1v) is 1.81. The Balaban J connectivity index is 0. The zero-order chi connectivity index (χ0) is 6.57. The maximum Gasteiger partial charge on any atom is 1.00 e. The fourth-order valence-electron chi connectivity index (χ4n) is 0.150. The van der Waals surface area contributed by atoms with Crippen molar-refractivity contribution in [2.45, 2.75) is 0 Å². The van der Waals surface area contributed by atoms with Crippen molar-refractivity contribution < 1.29 is 66.1 Å². The van der Waals surface area contributed by atoms with Gasteiger partial charge in [-0.15, -0.1) is 0 Å². The molecule has 5 heteroatoms. The van der Waals surface area contributed by atoms with Gasteiger partial charge in [-0.1, -0.05) is 0 Å². The topological polar surface area (TPSA) is 83.2 Å². The molecule has 0 unspecified atom stereocenters. The Morgan fingerprint density at radius 3 is 1.89 bits per heavy atom.